The number of furan rings is 1. The molecule has 2 aromatic heterocycles. The van der Waals surface area contributed by atoms with E-state index in [-0.39, 0.29) is 5.91 Å². The molecule has 5 nitrogen and oxygen atoms in total. The highest BCUT2D eigenvalue weighted by Crippen LogP contribution is 2.25. The fraction of sp³-hybridized carbons (Fsp3) is 0.0714. The average Bonchev–Trinajstić information content (AvgIpc) is 3.08. The minimum absolute atomic E-state index is 0.210. The van der Waals surface area contributed by atoms with Crippen molar-refractivity contribution in [1.82, 2.24) is 9.36 Å². The maximum absolute atomic E-state index is 12.1. The summed E-state index contributed by atoms with van der Waals surface area (Å²) >= 11 is 4.34. The number of aromatic nitrogens is 2. The Morgan fingerprint density at radius 3 is 2.67 bits per heavy atom. The summed E-state index contributed by atoms with van der Waals surface area (Å²) in [4.78, 5) is 16.3. The molecule has 0 fully saturated rings. The molecule has 0 aliphatic heterocycles. The van der Waals surface area contributed by atoms with Crippen LogP contribution in [0.3, 0.4) is 0 Å². The summed E-state index contributed by atoms with van der Waals surface area (Å²) in [5.41, 5.74) is 1.69. The number of carbonyl (C=O) groups excluding carboxylic acids is 1. The molecule has 0 saturated heterocycles. The summed E-state index contributed by atoms with van der Waals surface area (Å²) in [6.45, 7) is 1.97. The zero-order chi connectivity index (χ0) is 14.8. The van der Waals surface area contributed by atoms with Crippen molar-refractivity contribution >= 4 is 38.5 Å². The third-order valence-electron chi connectivity index (χ3n) is 2.75. The number of rotatable bonds is 3. The molecular formula is C14H10BrN3O2S. The van der Waals surface area contributed by atoms with Crippen LogP contribution >= 0.6 is 27.5 Å². The highest BCUT2D eigenvalue weighted by Gasteiger charge is 2.13. The Hall–Kier alpha value is -1.99. The van der Waals surface area contributed by atoms with E-state index in [4.69, 9.17) is 4.42 Å². The Kier molecular flexibility index (Phi) is 3.85. The van der Waals surface area contributed by atoms with Crippen LogP contribution in [0.15, 0.2) is 45.5 Å². The number of nitrogens with one attached hydrogen (secondary N) is 1. The lowest BCUT2D eigenvalue weighted by molar-refractivity contribution is 0.102. The minimum Gasteiger partial charge on any atom is -0.446 e. The fourth-order valence-electron chi connectivity index (χ4n) is 1.68. The molecule has 1 N–H and O–H groups in total. The summed E-state index contributed by atoms with van der Waals surface area (Å²) in [6.07, 6.45) is 0. The Morgan fingerprint density at radius 2 is 2.00 bits per heavy atom. The van der Waals surface area contributed by atoms with Gasteiger partial charge in [0.25, 0.3) is 5.91 Å². The first-order chi connectivity index (χ1) is 10.1. The van der Waals surface area contributed by atoms with Gasteiger partial charge in [0.05, 0.1) is 0 Å². The SMILES string of the molecule is Cc1ccc(C(=O)Nc2nc(-c3ccc(Br)o3)ns2)cc1. The summed E-state index contributed by atoms with van der Waals surface area (Å²) in [7, 11) is 0. The number of hydrogen-bond acceptors (Lipinski definition) is 5. The topological polar surface area (TPSA) is 68.0 Å². The van der Waals surface area contributed by atoms with Gasteiger partial charge in [-0.15, -0.1) is 0 Å². The maximum Gasteiger partial charge on any atom is 0.257 e. The minimum atomic E-state index is -0.210. The highest BCUT2D eigenvalue weighted by atomic mass is 79.9. The van der Waals surface area contributed by atoms with Crippen molar-refractivity contribution in [2.45, 2.75) is 6.92 Å². The molecule has 3 aromatic rings. The number of nitrogens with zero attached hydrogens (tertiary/aromatic N) is 2. The first-order valence-electron chi connectivity index (χ1n) is 6.09. The van der Waals surface area contributed by atoms with Crippen LogP contribution in [-0.4, -0.2) is 15.3 Å². The van der Waals surface area contributed by atoms with E-state index in [1.807, 2.05) is 19.1 Å². The van der Waals surface area contributed by atoms with E-state index in [1.54, 1.807) is 24.3 Å². The van der Waals surface area contributed by atoms with Gasteiger partial charge < -0.3 is 4.42 Å². The second-order valence-corrected chi connectivity index (χ2v) is 5.88. The van der Waals surface area contributed by atoms with Crippen LogP contribution in [0.5, 0.6) is 0 Å². The molecule has 0 aliphatic rings. The van der Waals surface area contributed by atoms with E-state index in [9.17, 15) is 4.79 Å². The Morgan fingerprint density at radius 1 is 1.24 bits per heavy atom. The highest BCUT2D eigenvalue weighted by molar-refractivity contribution is 9.10. The van der Waals surface area contributed by atoms with Gasteiger partial charge in [-0.05, 0) is 47.1 Å². The number of carbonyl (C=O) groups is 1. The van der Waals surface area contributed by atoms with Crippen molar-refractivity contribution in [1.29, 1.82) is 0 Å². The van der Waals surface area contributed by atoms with E-state index >= 15 is 0 Å². The van der Waals surface area contributed by atoms with Crippen molar-refractivity contribution < 1.29 is 9.21 Å². The smallest absolute Gasteiger partial charge is 0.257 e. The number of hydrogen-bond donors (Lipinski definition) is 1. The molecule has 1 aromatic carbocycles. The quantitative estimate of drug-likeness (QED) is 0.759. The summed E-state index contributed by atoms with van der Waals surface area (Å²) in [5.74, 6) is 0.789. The first-order valence-corrected chi connectivity index (χ1v) is 7.66. The van der Waals surface area contributed by atoms with Gasteiger partial charge in [-0.1, -0.05) is 17.7 Å². The molecule has 0 bridgehead atoms. The van der Waals surface area contributed by atoms with Crippen molar-refractivity contribution in [3.63, 3.8) is 0 Å². The molecule has 0 radical (unpaired) electrons. The van der Waals surface area contributed by atoms with E-state index in [2.05, 4.69) is 30.6 Å². The molecule has 0 atom stereocenters. The van der Waals surface area contributed by atoms with Crippen LogP contribution in [-0.2, 0) is 0 Å². The largest absolute Gasteiger partial charge is 0.446 e. The Balaban J connectivity index is 1.75. The number of amides is 1. The van der Waals surface area contributed by atoms with Crippen molar-refractivity contribution in [2.24, 2.45) is 0 Å². The molecule has 21 heavy (non-hydrogen) atoms. The van der Waals surface area contributed by atoms with E-state index in [0.29, 0.717) is 26.9 Å². The van der Waals surface area contributed by atoms with Gasteiger partial charge in [0.2, 0.25) is 11.0 Å². The molecule has 7 heteroatoms. The van der Waals surface area contributed by atoms with Crippen LogP contribution < -0.4 is 5.32 Å². The molecule has 0 saturated carbocycles. The monoisotopic (exact) mass is 363 g/mol. The lowest BCUT2D eigenvalue weighted by Gasteiger charge is -2.01. The number of benzene rings is 1. The number of aryl methyl sites for hydroxylation is 1. The molecule has 0 spiro atoms. The van der Waals surface area contributed by atoms with E-state index in [1.165, 1.54) is 0 Å². The van der Waals surface area contributed by atoms with Crippen molar-refractivity contribution in [2.75, 3.05) is 5.32 Å². The number of anilines is 1. The molecule has 106 valence electrons. The van der Waals surface area contributed by atoms with Crippen molar-refractivity contribution in [3.05, 3.63) is 52.2 Å². The first kappa shape index (κ1) is 14.0. The fourth-order valence-corrected chi connectivity index (χ4v) is 2.56. The molecule has 2 heterocycles. The summed E-state index contributed by atoms with van der Waals surface area (Å²) in [5, 5.41) is 3.16. The normalized spacial score (nSPS) is 10.6. The lowest BCUT2D eigenvalue weighted by atomic mass is 10.1. The third kappa shape index (κ3) is 3.20. The van der Waals surface area contributed by atoms with Gasteiger partial charge in [0.15, 0.2) is 10.4 Å². The predicted molar refractivity (Wildman–Crippen MR) is 84.4 cm³/mol. The number of halogens is 1. The van der Waals surface area contributed by atoms with Crippen LogP contribution in [0.25, 0.3) is 11.6 Å². The van der Waals surface area contributed by atoms with Gasteiger partial charge in [-0.3, -0.25) is 10.1 Å². The Bertz CT molecular complexity index is 780. The molecule has 0 aliphatic carbocycles. The van der Waals surface area contributed by atoms with Crippen LogP contribution in [0.1, 0.15) is 15.9 Å². The molecule has 0 unspecified atom stereocenters. The zero-order valence-corrected chi connectivity index (χ0v) is 13.4. The van der Waals surface area contributed by atoms with Gasteiger partial charge in [-0.2, -0.15) is 9.36 Å². The van der Waals surface area contributed by atoms with Crippen LogP contribution in [0.2, 0.25) is 0 Å². The second-order valence-electron chi connectivity index (χ2n) is 4.35. The lowest BCUT2D eigenvalue weighted by Crippen LogP contribution is -2.11. The van der Waals surface area contributed by atoms with Crippen LogP contribution in [0.4, 0.5) is 5.13 Å². The summed E-state index contributed by atoms with van der Waals surface area (Å²) in [6, 6.07) is 10.9. The van der Waals surface area contributed by atoms with Gasteiger partial charge >= 0.3 is 0 Å². The predicted octanol–water partition coefficient (Wildman–Crippen LogP) is 4.12. The van der Waals surface area contributed by atoms with Gasteiger partial charge in [0.1, 0.15) is 0 Å². The molecule has 1 amide bonds. The molecular weight excluding hydrogens is 354 g/mol. The van der Waals surface area contributed by atoms with Gasteiger partial charge in [0, 0.05) is 17.1 Å². The maximum atomic E-state index is 12.1. The van der Waals surface area contributed by atoms with E-state index < -0.39 is 0 Å². The van der Waals surface area contributed by atoms with Crippen molar-refractivity contribution in [3.8, 4) is 11.6 Å². The Labute approximate surface area is 133 Å². The van der Waals surface area contributed by atoms with E-state index in [0.717, 1.165) is 17.1 Å². The second kappa shape index (κ2) is 5.79. The van der Waals surface area contributed by atoms with Gasteiger partial charge in [-0.25, -0.2) is 0 Å². The third-order valence-corrected chi connectivity index (χ3v) is 3.81. The standard InChI is InChI=1S/C14H10BrN3O2S/c1-8-2-4-9(5-3-8)13(19)17-14-16-12(18-21-14)10-6-7-11(15)20-10/h2-7H,1H3,(H,16,17,18,19). The summed E-state index contributed by atoms with van der Waals surface area (Å²) < 4.78 is 10.1. The average molecular weight is 364 g/mol. The van der Waals surface area contributed by atoms with Crippen LogP contribution in [0, 0.1) is 6.92 Å². The zero-order valence-electron chi connectivity index (χ0n) is 11.0. The molecule has 3 rings (SSSR count).